The Morgan fingerprint density at radius 1 is 1.03 bits per heavy atom. The molecule has 0 aliphatic carbocycles. The molecule has 0 saturated carbocycles. The van der Waals surface area contributed by atoms with Gasteiger partial charge < -0.3 is 10.2 Å². The Kier molecular flexibility index (Phi) is 6.80. The Morgan fingerprint density at radius 2 is 1.82 bits per heavy atom. The van der Waals surface area contributed by atoms with Gasteiger partial charge in [0.25, 0.3) is 5.91 Å². The van der Waals surface area contributed by atoms with Crippen LogP contribution in [0.4, 0.5) is 0 Å². The zero-order valence-electron chi connectivity index (χ0n) is 19.2. The molecule has 4 aromatic rings. The fourth-order valence-electron chi connectivity index (χ4n) is 4.04. The number of carbonyl (C=O) groups is 1. The van der Waals surface area contributed by atoms with E-state index >= 15 is 0 Å². The molecule has 1 aliphatic heterocycles. The highest BCUT2D eigenvalue weighted by Gasteiger charge is 2.15. The summed E-state index contributed by atoms with van der Waals surface area (Å²) < 4.78 is 1.81. The van der Waals surface area contributed by atoms with Crippen molar-refractivity contribution in [3.8, 4) is 16.3 Å². The third kappa shape index (κ3) is 5.41. The minimum Gasteiger partial charge on any atom is -0.347 e. The molecule has 2 aromatic carbocycles. The summed E-state index contributed by atoms with van der Waals surface area (Å²) in [6.07, 6.45) is 3.71. The number of hydrogen-bond acceptors (Lipinski definition) is 6. The van der Waals surface area contributed by atoms with Gasteiger partial charge in [-0.05, 0) is 30.3 Å². The number of hydrogen-bond donors (Lipinski definition) is 1. The van der Waals surface area contributed by atoms with E-state index in [1.807, 2.05) is 41.2 Å². The Bertz CT molecular complexity index is 1240. The largest absolute Gasteiger partial charge is 0.347 e. The van der Waals surface area contributed by atoms with Gasteiger partial charge in [0.2, 0.25) is 0 Å². The quantitative estimate of drug-likeness (QED) is 0.445. The van der Waals surface area contributed by atoms with E-state index in [1.54, 1.807) is 11.6 Å². The van der Waals surface area contributed by atoms with Gasteiger partial charge in [-0.1, -0.05) is 42.5 Å². The summed E-state index contributed by atoms with van der Waals surface area (Å²) in [5, 5.41) is 10.0. The van der Waals surface area contributed by atoms with Crippen LogP contribution in [-0.4, -0.2) is 63.7 Å². The smallest absolute Gasteiger partial charge is 0.271 e. The van der Waals surface area contributed by atoms with Gasteiger partial charge in [0.05, 0.1) is 11.9 Å². The van der Waals surface area contributed by atoms with Gasteiger partial charge >= 0.3 is 0 Å². The molecule has 0 spiro atoms. The van der Waals surface area contributed by atoms with Crippen LogP contribution in [0.5, 0.6) is 0 Å². The van der Waals surface area contributed by atoms with E-state index < -0.39 is 0 Å². The SMILES string of the molecule is CN1CCN(Cc2cccc(CNC(=O)c3csc(-c4cnn(-c5ccccc5)c4)n3)c2)CC1. The van der Waals surface area contributed by atoms with Crippen molar-refractivity contribution in [3.63, 3.8) is 0 Å². The van der Waals surface area contributed by atoms with Crippen molar-refractivity contribution in [2.24, 2.45) is 0 Å². The average Bonchev–Trinajstić information content (AvgIpc) is 3.55. The maximum absolute atomic E-state index is 12.7. The number of thiazole rings is 1. The van der Waals surface area contributed by atoms with Crippen LogP contribution in [0.3, 0.4) is 0 Å². The molecule has 1 amide bonds. The highest BCUT2D eigenvalue weighted by molar-refractivity contribution is 7.13. The molecule has 1 saturated heterocycles. The molecule has 0 radical (unpaired) electrons. The molecule has 7 nitrogen and oxygen atoms in total. The highest BCUT2D eigenvalue weighted by atomic mass is 32.1. The van der Waals surface area contributed by atoms with Crippen LogP contribution in [0, 0.1) is 0 Å². The van der Waals surface area contributed by atoms with Gasteiger partial charge in [0, 0.05) is 56.4 Å². The molecule has 8 heteroatoms. The van der Waals surface area contributed by atoms with Crippen LogP contribution in [0.2, 0.25) is 0 Å². The van der Waals surface area contributed by atoms with Crippen molar-refractivity contribution in [2.75, 3.05) is 33.2 Å². The molecule has 3 heterocycles. The summed E-state index contributed by atoms with van der Waals surface area (Å²) in [4.78, 5) is 22.1. The van der Waals surface area contributed by atoms with Crippen molar-refractivity contribution in [2.45, 2.75) is 13.1 Å². The van der Waals surface area contributed by atoms with Crippen molar-refractivity contribution in [1.29, 1.82) is 0 Å². The molecule has 5 rings (SSSR count). The summed E-state index contributed by atoms with van der Waals surface area (Å²) in [6, 6.07) is 18.4. The zero-order valence-corrected chi connectivity index (χ0v) is 20.0. The molecular weight excluding hydrogens is 444 g/mol. The normalized spacial score (nSPS) is 14.9. The molecule has 1 N–H and O–H groups in total. The standard InChI is InChI=1S/C26H28N6OS/c1-30-10-12-31(13-11-30)17-21-7-5-6-20(14-21)15-27-25(33)24-19-34-26(29-24)22-16-28-32(18-22)23-8-3-2-4-9-23/h2-9,14,16,18-19H,10-13,15,17H2,1H3,(H,27,33). The number of benzene rings is 2. The number of likely N-dealkylation sites (N-methyl/N-ethyl adjacent to an activating group) is 1. The van der Waals surface area contributed by atoms with Gasteiger partial charge in [0.15, 0.2) is 0 Å². The van der Waals surface area contributed by atoms with Gasteiger partial charge in [-0.15, -0.1) is 11.3 Å². The fourth-order valence-corrected chi connectivity index (χ4v) is 4.82. The topological polar surface area (TPSA) is 66.3 Å². The van der Waals surface area contributed by atoms with Crippen LogP contribution in [0.1, 0.15) is 21.6 Å². The highest BCUT2D eigenvalue weighted by Crippen LogP contribution is 2.24. The first-order valence-electron chi connectivity index (χ1n) is 11.5. The first-order chi connectivity index (χ1) is 16.6. The van der Waals surface area contributed by atoms with E-state index in [1.165, 1.54) is 16.9 Å². The van der Waals surface area contributed by atoms with E-state index in [2.05, 4.69) is 56.5 Å². The number of piperazine rings is 1. The third-order valence-corrected chi connectivity index (χ3v) is 6.93. The minimum atomic E-state index is -0.164. The first kappa shape index (κ1) is 22.5. The van der Waals surface area contributed by atoms with E-state index in [0.29, 0.717) is 12.2 Å². The number of carbonyl (C=O) groups excluding carboxylic acids is 1. The molecule has 1 aliphatic rings. The predicted octanol–water partition coefficient (Wildman–Crippen LogP) is 3.67. The lowest BCUT2D eigenvalue weighted by Crippen LogP contribution is -2.43. The molecule has 0 unspecified atom stereocenters. The maximum atomic E-state index is 12.7. The van der Waals surface area contributed by atoms with Crippen LogP contribution in [-0.2, 0) is 13.1 Å². The van der Waals surface area contributed by atoms with Crippen molar-refractivity contribution >= 4 is 17.2 Å². The molecule has 0 bridgehead atoms. The van der Waals surface area contributed by atoms with Gasteiger partial charge in [-0.2, -0.15) is 5.10 Å². The number of aromatic nitrogens is 3. The monoisotopic (exact) mass is 472 g/mol. The van der Waals surface area contributed by atoms with E-state index in [0.717, 1.165) is 54.5 Å². The van der Waals surface area contributed by atoms with Crippen molar-refractivity contribution in [3.05, 3.63) is 89.2 Å². The molecule has 1 fully saturated rings. The summed E-state index contributed by atoms with van der Waals surface area (Å²) >= 11 is 1.45. The maximum Gasteiger partial charge on any atom is 0.271 e. The number of rotatable bonds is 7. The third-order valence-electron chi connectivity index (χ3n) is 6.03. The lowest BCUT2D eigenvalue weighted by Gasteiger charge is -2.32. The van der Waals surface area contributed by atoms with Crippen molar-refractivity contribution in [1.82, 2.24) is 29.9 Å². The zero-order chi connectivity index (χ0) is 23.3. The lowest BCUT2D eigenvalue weighted by molar-refractivity contribution is 0.0946. The van der Waals surface area contributed by atoms with Crippen LogP contribution < -0.4 is 5.32 Å². The number of nitrogens with zero attached hydrogens (tertiary/aromatic N) is 5. The average molecular weight is 473 g/mol. The van der Waals surface area contributed by atoms with Crippen LogP contribution in [0.25, 0.3) is 16.3 Å². The number of nitrogens with one attached hydrogen (secondary N) is 1. The number of para-hydroxylation sites is 1. The van der Waals surface area contributed by atoms with Crippen molar-refractivity contribution < 1.29 is 4.79 Å². The molecule has 2 aromatic heterocycles. The second kappa shape index (κ2) is 10.3. The van der Waals surface area contributed by atoms with E-state index in [-0.39, 0.29) is 5.91 Å². The number of amides is 1. The summed E-state index contributed by atoms with van der Waals surface area (Å²) in [5.74, 6) is -0.164. The van der Waals surface area contributed by atoms with Gasteiger partial charge in [0.1, 0.15) is 10.7 Å². The van der Waals surface area contributed by atoms with Crippen LogP contribution >= 0.6 is 11.3 Å². The molecule has 0 atom stereocenters. The Labute approximate surface area is 203 Å². The second-order valence-electron chi connectivity index (χ2n) is 8.63. The Morgan fingerprint density at radius 3 is 2.65 bits per heavy atom. The molecular formula is C26H28N6OS. The fraction of sp³-hybridized carbons (Fsp3) is 0.269. The van der Waals surface area contributed by atoms with Gasteiger partial charge in [-0.3, -0.25) is 9.69 Å². The minimum absolute atomic E-state index is 0.164. The Hall–Kier alpha value is -3.33. The Balaban J connectivity index is 1.18. The predicted molar refractivity (Wildman–Crippen MR) is 135 cm³/mol. The summed E-state index contributed by atoms with van der Waals surface area (Å²) in [6.45, 7) is 5.83. The molecule has 174 valence electrons. The molecule has 34 heavy (non-hydrogen) atoms. The van der Waals surface area contributed by atoms with Gasteiger partial charge in [-0.25, -0.2) is 9.67 Å². The summed E-state index contributed by atoms with van der Waals surface area (Å²) in [7, 11) is 2.17. The van der Waals surface area contributed by atoms with Crippen LogP contribution in [0.15, 0.2) is 72.4 Å². The lowest BCUT2D eigenvalue weighted by atomic mass is 10.1. The summed E-state index contributed by atoms with van der Waals surface area (Å²) in [5.41, 5.74) is 4.69. The van der Waals surface area contributed by atoms with E-state index in [9.17, 15) is 4.79 Å². The second-order valence-corrected chi connectivity index (χ2v) is 9.49. The first-order valence-corrected chi connectivity index (χ1v) is 12.3. The van der Waals surface area contributed by atoms with E-state index in [4.69, 9.17) is 0 Å².